The Morgan fingerprint density at radius 1 is 0.436 bits per heavy atom. The predicted octanol–water partition coefficient (Wildman–Crippen LogP) is 9.06. The predicted molar refractivity (Wildman–Crippen MR) is 229 cm³/mol. The molecule has 5 heteroatoms. The molecule has 0 spiro atoms. The number of rotatable bonds is 6. The second kappa shape index (κ2) is 12.6. The van der Waals surface area contributed by atoms with Gasteiger partial charge in [-0.25, -0.2) is 4.98 Å². The van der Waals surface area contributed by atoms with E-state index in [1.54, 1.807) is 0 Å². The molecule has 0 amide bonds. The van der Waals surface area contributed by atoms with E-state index in [0.29, 0.717) is 6.61 Å². The van der Waals surface area contributed by atoms with Crippen LogP contribution in [0.15, 0.2) is 200 Å². The summed E-state index contributed by atoms with van der Waals surface area (Å²) >= 11 is 0. The Labute approximate surface area is 320 Å². The van der Waals surface area contributed by atoms with Crippen LogP contribution in [0.5, 0.6) is 5.75 Å². The Bertz CT molecular complexity index is 2960. The molecule has 0 saturated carbocycles. The summed E-state index contributed by atoms with van der Waals surface area (Å²) in [6.45, 7) is 0.436. The third-order valence-electron chi connectivity index (χ3n) is 11.3. The molecule has 0 atom stereocenters. The molecule has 1 aliphatic heterocycles. The molecule has 11 rings (SSSR count). The summed E-state index contributed by atoms with van der Waals surface area (Å²) in [5.41, 5.74) is 8.96. The number of imidazole rings is 1. The monoisotopic (exact) mass is 721 g/mol. The summed E-state index contributed by atoms with van der Waals surface area (Å²) < 4.78 is 11.0. The third-order valence-corrected chi connectivity index (χ3v) is 16.1. The number of fused-ring (bicyclic) bond motifs is 8. The fourth-order valence-corrected chi connectivity index (χ4v) is 13.8. The van der Waals surface area contributed by atoms with Crippen molar-refractivity contribution < 1.29 is 4.74 Å². The van der Waals surface area contributed by atoms with E-state index in [4.69, 9.17) is 9.72 Å². The first-order valence-electron chi connectivity index (χ1n) is 18.8. The second-order valence-corrected chi connectivity index (χ2v) is 18.1. The zero-order valence-electron chi connectivity index (χ0n) is 30.0. The van der Waals surface area contributed by atoms with Crippen molar-refractivity contribution in [1.82, 2.24) is 14.1 Å². The summed E-state index contributed by atoms with van der Waals surface area (Å²) in [7, 11) is -2.90. The highest BCUT2D eigenvalue weighted by Gasteiger charge is 2.42. The Kier molecular flexibility index (Phi) is 7.22. The lowest BCUT2D eigenvalue weighted by molar-refractivity contribution is 0.281. The van der Waals surface area contributed by atoms with Gasteiger partial charge in [0.2, 0.25) is 0 Å². The second-order valence-electron chi connectivity index (χ2n) is 14.3. The molecule has 0 saturated heterocycles. The lowest BCUT2D eigenvalue weighted by Crippen LogP contribution is -2.74. The van der Waals surface area contributed by atoms with Crippen molar-refractivity contribution >= 4 is 61.7 Å². The highest BCUT2D eigenvalue weighted by molar-refractivity contribution is 7.20. The summed E-state index contributed by atoms with van der Waals surface area (Å²) in [4.78, 5) is 4.85. The Morgan fingerprint density at radius 2 is 1.00 bits per heavy atom. The molecule has 0 fully saturated rings. The van der Waals surface area contributed by atoms with Gasteiger partial charge in [0.1, 0.15) is 12.4 Å². The van der Waals surface area contributed by atoms with Gasteiger partial charge < -0.3 is 9.30 Å². The molecule has 8 aromatic carbocycles. The van der Waals surface area contributed by atoms with Crippen LogP contribution in [-0.2, 0) is 6.61 Å². The van der Waals surface area contributed by atoms with Crippen LogP contribution in [0.25, 0.3) is 55.3 Å². The SMILES string of the molecule is c1ccc([Si](c2ccccc2)(c2cccc(-c3ccc4c(c3)OCc3nc5ccccc5n3-4)c2)c2cccc(-n3c4ccccc4c4ccccc43)c2)cc1. The Balaban J connectivity index is 1.12. The van der Waals surface area contributed by atoms with E-state index in [9.17, 15) is 0 Å². The van der Waals surface area contributed by atoms with Gasteiger partial charge in [-0.1, -0.05) is 152 Å². The van der Waals surface area contributed by atoms with Crippen LogP contribution in [0.1, 0.15) is 5.82 Å². The number of hydrogen-bond donors (Lipinski definition) is 0. The van der Waals surface area contributed by atoms with Crippen LogP contribution in [-0.4, -0.2) is 22.2 Å². The van der Waals surface area contributed by atoms with Crippen molar-refractivity contribution in [3.05, 3.63) is 206 Å². The quantitative estimate of drug-likeness (QED) is 0.127. The standard InChI is InChI=1S/C50H35N3OSi/c1-3-17-38(18-4-1)55(39-19-5-2-6-20-39,41-22-14-16-37(33-41)52-45-26-10-7-23-42(45)43-24-8-11-27-46(43)52)40-21-13-15-35(31-40)36-29-30-48-49(32-36)54-34-50-51-44-25-9-12-28-47(44)53(48)50/h1-33H,34H2. The Morgan fingerprint density at radius 3 is 1.71 bits per heavy atom. The fourth-order valence-electron chi connectivity index (χ4n) is 8.97. The van der Waals surface area contributed by atoms with Gasteiger partial charge in [0, 0.05) is 16.5 Å². The lowest BCUT2D eigenvalue weighted by Gasteiger charge is -2.35. The fraction of sp³-hybridized carbons (Fsp3) is 0.0200. The van der Waals surface area contributed by atoms with E-state index in [1.165, 1.54) is 42.6 Å². The smallest absolute Gasteiger partial charge is 0.179 e. The summed E-state index contributed by atoms with van der Waals surface area (Å²) in [6, 6.07) is 73.3. The maximum atomic E-state index is 6.38. The van der Waals surface area contributed by atoms with Crippen molar-refractivity contribution in [2.75, 3.05) is 0 Å². The van der Waals surface area contributed by atoms with Crippen LogP contribution < -0.4 is 25.5 Å². The molecule has 1 aliphatic rings. The minimum absolute atomic E-state index is 0.436. The van der Waals surface area contributed by atoms with Gasteiger partial charge in [0.25, 0.3) is 0 Å². The van der Waals surface area contributed by atoms with Gasteiger partial charge in [-0.15, -0.1) is 0 Å². The van der Waals surface area contributed by atoms with Crippen LogP contribution in [0.2, 0.25) is 0 Å². The molecule has 4 nitrogen and oxygen atoms in total. The number of para-hydroxylation sites is 4. The number of benzene rings is 8. The van der Waals surface area contributed by atoms with Gasteiger partial charge >= 0.3 is 0 Å². The number of ether oxygens (including phenoxy) is 1. The molecule has 0 N–H and O–H groups in total. The van der Waals surface area contributed by atoms with E-state index < -0.39 is 8.07 Å². The molecule has 0 aliphatic carbocycles. The van der Waals surface area contributed by atoms with Crippen molar-refractivity contribution in [1.29, 1.82) is 0 Å². The average molecular weight is 722 g/mol. The molecule has 2 aromatic heterocycles. The molecule has 0 radical (unpaired) electrons. The maximum absolute atomic E-state index is 6.38. The maximum Gasteiger partial charge on any atom is 0.179 e. The summed E-state index contributed by atoms with van der Waals surface area (Å²) in [6.07, 6.45) is 0. The zero-order chi connectivity index (χ0) is 36.3. The molecule has 0 unspecified atom stereocenters. The van der Waals surface area contributed by atoms with Crippen molar-refractivity contribution in [2.45, 2.75) is 6.61 Å². The largest absolute Gasteiger partial charge is 0.483 e. The minimum Gasteiger partial charge on any atom is -0.483 e. The van der Waals surface area contributed by atoms with E-state index in [1.807, 2.05) is 6.07 Å². The van der Waals surface area contributed by atoms with E-state index in [2.05, 4.69) is 203 Å². The minimum atomic E-state index is -2.90. The number of aromatic nitrogens is 3. The normalized spacial score (nSPS) is 12.4. The van der Waals surface area contributed by atoms with Crippen molar-refractivity contribution in [3.63, 3.8) is 0 Å². The van der Waals surface area contributed by atoms with Gasteiger partial charge in [-0.3, -0.25) is 4.57 Å². The highest BCUT2D eigenvalue weighted by atomic mass is 28.3. The molecular weight excluding hydrogens is 687 g/mol. The zero-order valence-corrected chi connectivity index (χ0v) is 31.0. The molecular formula is C50H35N3OSi. The molecule has 260 valence electrons. The highest BCUT2D eigenvalue weighted by Crippen LogP contribution is 2.37. The van der Waals surface area contributed by atoms with E-state index in [-0.39, 0.29) is 0 Å². The van der Waals surface area contributed by atoms with Crippen LogP contribution in [0.3, 0.4) is 0 Å². The third kappa shape index (κ3) is 4.87. The molecule has 3 heterocycles. The van der Waals surface area contributed by atoms with Crippen LogP contribution in [0, 0.1) is 0 Å². The Hall–Kier alpha value is -6.95. The first kappa shape index (κ1) is 31.6. The van der Waals surface area contributed by atoms with Gasteiger partial charge in [0.15, 0.2) is 13.9 Å². The van der Waals surface area contributed by atoms with E-state index in [0.717, 1.165) is 45.1 Å². The van der Waals surface area contributed by atoms with Gasteiger partial charge in [0.05, 0.1) is 27.8 Å². The first-order chi connectivity index (χ1) is 27.3. The molecule has 55 heavy (non-hydrogen) atoms. The van der Waals surface area contributed by atoms with Crippen LogP contribution in [0.4, 0.5) is 0 Å². The first-order valence-corrected chi connectivity index (χ1v) is 20.8. The average Bonchev–Trinajstić information content (AvgIpc) is 3.81. The number of nitrogens with zero attached hydrogens (tertiary/aromatic N) is 3. The van der Waals surface area contributed by atoms with Crippen LogP contribution >= 0.6 is 0 Å². The lowest BCUT2D eigenvalue weighted by atomic mass is 10.0. The van der Waals surface area contributed by atoms with Gasteiger partial charge in [-0.05, 0) is 80.4 Å². The number of hydrogen-bond acceptors (Lipinski definition) is 2. The topological polar surface area (TPSA) is 32.0 Å². The molecule has 0 bridgehead atoms. The summed E-state index contributed by atoms with van der Waals surface area (Å²) in [5.74, 6) is 1.79. The van der Waals surface area contributed by atoms with Crippen molar-refractivity contribution in [2.24, 2.45) is 0 Å². The van der Waals surface area contributed by atoms with E-state index >= 15 is 0 Å². The van der Waals surface area contributed by atoms with Gasteiger partial charge in [-0.2, -0.15) is 0 Å². The summed E-state index contributed by atoms with van der Waals surface area (Å²) in [5, 5.41) is 7.85. The molecule has 10 aromatic rings. The van der Waals surface area contributed by atoms with Crippen molar-refractivity contribution in [3.8, 4) is 28.3 Å².